The largest absolute Gasteiger partial charge is 0.474 e. The molecule has 0 bridgehead atoms. The Hall–Kier alpha value is -1.37. The molecule has 1 N–H and O–H groups in total. The van der Waals surface area contributed by atoms with E-state index in [-0.39, 0.29) is 11.5 Å². The van der Waals surface area contributed by atoms with Gasteiger partial charge in [-0.1, -0.05) is 6.92 Å². The molecule has 7 heteroatoms. The highest BCUT2D eigenvalue weighted by atomic mass is 32.2. The minimum Gasteiger partial charge on any atom is -0.474 e. The van der Waals surface area contributed by atoms with Crippen LogP contribution in [-0.4, -0.2) is 36.0 Å². The van der Waals surface area contributed by atoms with Gasteiger partial charge in [0.1, 0.15) is 5.76 Å². The molecular formula is C9H11NO5S. The number of hydrogen-bond acceptors (Lipinski definition) is 5. The van der Waals surface area contributed by atoms with Gasteiger partial charge in [0.2, 0.25) is 0 Å². The summed E-state index contributed by atoms with van der Waals surface area (Å²) in [4.78, 5) is 14.2. The quantitative estimate of drug-likeness (QED) is 0.812. The van der Waals surface area contributed by atoms with E-state index in [4.69, 9.17) is 9.52 Å². The molecule has 0 radical (unpaired) electrons. The van der Waals surface area contributed by atoms with Gasteiger partial charge in [0.25, 0.3) is 0 Å². The zero-order valence-electron chi connectivity index (χ0n) is 8.63. The van der Waals surface area contributed by atoms with E-state index in [1.165, 1.54) is 6.20 Å². The first-order valence-electron chi connectivity index (χ1n) is 4.72. The lowest BCUT2D eigenvalue weighted by molar-refractivity contribution is 0.0649. The molecule has 1 aliphatic heterocycles. The predicted octanol–water partition coefficient (Wildman–Crippen LogP) is 0.449. The Morgan fingerprint density at radius 3 is 2.75 bits per heavy atom. The minimum atomic E-state index is -3.05. The predicted molar refractivity (Wildman–Crippen MR) is 54.1 cm³/mol. The van der Waals surface area contributed by atoms with Crippen molar-refractivity contribution in [2.75, 3.05) is 11.5 Å². The summed E-state index contributed by atoms with van der Waals surface area (Å²) in [6.45, 7) is 1.74. The molecule has 2 heterocycles. The van der Waals surface area contributed by atoms with Crippen LogP contribution in [0, 0.1) is 0 Å². The first-order chi connectivity index (χ1) is 7.32. The van der Waals surface area contributed by atoms with Crippen LogP contribution in [0.1, 0.15) is 29.8 Å². The number of aromatic carboxylic acids is 1. The van der Waals surface area contributed by atoms with Gasteiger partial charge in [0, 0.05) is 5.41 Å². The van der Waals surface area contributed by atoms with E-state index in [2.05, 4.69) is 4.98 Å². The number of nitrogens with zero attached hydrogens (tertiary/aromatic N) is 1. The van der Waals surface area contributed by atoms with Gasteiger partial charge in [-0.3, -0.25) is 0 Å². The molecule has 1 aliphatic rings. The number of hydrogen-bond donors (Lipinski definition) is 1. The van der Waals surface area contributed by atoms with Gasteiger partial charge in [0.15, 0.2) is 9.84 Å². The van der Waals surface area contributed by atoms with Crippen molar-refractivity contribution in [3.05, 3.63) is 17.8 Å². The summed E-state index contributed by atoms with van der Waals surface area (Å²) in [6, 6.07) is 0. The van der Waals surface area contributed by atoms with Crippen LogP contribution in [0.4, 0.5) is 0 Å². The maximum Gasteiger partial charge on any atom is 0.392 e. The molecule has 88 valence electrons. The molecular weight excluding hydrogens is 234 g/mol. The number of carbonyl (C=O) groups is 1. The summed E-state index contributed by atoms with van der Waals surface area (Å²) >= 11 is 0. The molecule has 1 aromatic heterocycles. The lowest BCUT2D eigenvalue weighted by Gasteiger charge is -2.17. The Kier molecular flexibility index (Phi) is 2.30. The topological polar surface area (TPSA) is 97.5 Å². The molecule has 1 atom stereocenters. The normalized spacial score (nSPS) is 28.1. The molecule has 6 nitrogen and oxygen atoms in total. The van der Waals surface area contributed by atoms with Crippen molar-refractivity contribution < 1.29 is 22.7 Å². The van der Waals surface area contributed by atoms with Gasteiger partial charge in [0.05, 0.1) is 17.7 Å². The Bertz CT molecular complexity index is 532. The molecule has 1 fully saturated rings. The second-order valence-electron chi connectivity index (χ2n) is 4.24. The Morgan fingerprint density at radius 1 is 1.62 bits per heavy atom. The van der Waals surface area contributed by atoms with Crippen molar-refractivity contribution in [2.24, 2.45) is 0 Å². The van der Waals surface area contributed by atoms with Crippen LogP contribution in [0.25, 0.3) is 0 Å². The SMILES string of the molecule is CC1(c2cnc(C(=O)O)o2)CCS(=O)(=O)C1. The van der Waals surface area contributed by atoms with Crippen molar-refractivity contribution in [1.29, 1.82) is 0 Å². The molecule has 1 saturated heterocycles. The maximum absolute atomic E-state index is 11.4. The Labute approximate surface area is 92.2 Å². The molecule has 16 heavy (non-hydrogen) atoms. The number of sulfone groups is 1. The number of oxazole rings is 1. The second-order valence-corrected chi connectivity index (χ2v) is 6.42. The van der Waals surface area contributed by atoms with Gasteiger partial charge < -0.3 is 9.52 Å². The summed E-state index contributed by atoms with van der Waals surface area (Å²) in [5, 5.41) is 8.65. The highest BCUT2D eigenvalue weighted by molar-refractivity contribution is 7.91. The fourth-order valence-corrected chi connectivity index (χ4v) is 4.02. The lowest BCUT2D eigenvalue weighted by Crippen LogP contribution is -2.22. The van der Waals surface area contributed by atoms with Crippen LogP contribution in [-0.2, 0) is 15.3 Å². The van der Waals surface area contributed by atoms with E-state index >= 15 is 0 Å². The van der Waals surface area contributed by atoms with Crippen molar-refractivity contribution in [3.8, 4) is 0 Å². The fraction of sp³-hybridized carbons (Fsp3) is 0.556. The number of carboxylic acids is 1. The first kappa shape index (κ1) is 11.1. The maximum atomic E-state index is 11.4. The van der Waals surface area contributed by atoms with Gasteiger partial charge in [-0.2, -0.15) is 0 Å². The van der Waals surface area contributed by atoms with Crippen LogP contribution < -0.4 is 0 Å². The number of rotatable bonds is 2. The summed E-state index contributed by atoms with van der Waals surface area (Å²) in [7, 11) is -3.05. The minimum absolute atomic E-state index is 0.0196. The van der Waals surface area contributed by atoms with Gasteiger partial charge in [-0.05, 0) is 6.42 Å². The summed E-state index contributed by atoms with van der Waals surface area (Å²) in [5.74, 6) is -1.25. The fourth-order valence-electron chi connectivity index (χ4n) is 1.86. The zero-order valence-corrected chi connectivity index (χ0v) is 9.45. The van der Waals surface area contributed by atoms with Crippen LogP contribution >= 0.6 is 0 Å². The average molecular weight is 245 g/mol. The van der Waals surface area contributed by atoms with Crippen molar-refractivity contribution in [3.63, 3.8) is 0 Å². The molecule has 1 unspecified atom stereocenters. The van der Waals surface area contributed by atoms with Gasteiger partial charge in [-0.25, -0.2) is 18.2 Å². The lowest BCUT2D eigenvalue weighted by atomic mass is 9.88. The average Bonchev–Trinajstić information content (AvgIpc) is 2.71. The van der Waals surface area contributed by atoms with E-state index in [0.29, 0.717) is 12.2 Å². The van der Waals surface area contributed by atoms with Gasteiger partial charge in [-0.15, -0.1) is 0 Å². The first-order valence-corrected chi connectivity index (χ1v) is 6.55. The van der Waals surface area contributed by atoms with E-state index < -0.39 is 27.1 Å². The van der Waals surface area contributed by atoms with E-state index in [1.54, 1.807) is 6.92 Å². The summed E-state index contributed by atoms with van der Waals surface area (Å²) in [5.41, 5.74) is -0.653. The van der Waals surface area contributed by atoms with E-state index in [0.717, 1.165) is 0 Å². The number of carboxylic acid groups (broad SMARTS) is 1. The van der Waals surface area contributed by atoms with Crippen LogP contribution in [0.15, 0.2) is 10.6 Å². The Balaban J connectivity index is 2.34. The third-order valence-electron chi connectivity index (χ3n) is 2.79. The molecule has 0 spiro atoms. The van der Waals surface area contributed by atoms with Gasteiger partial charge >= 0.3 is 11.9 Å². The molecule has 0 saturated carbocycles. The van der Waals surface area contributed by atoms with Crippen molar-refractivity contribution in [1.82, 2.24) is 4.98 Å². The third kappa shape index (κ3) is 1.82. The molecule has 0 aliphatic carbocycles. The summed E-state index contributed by atoms with van der Waals surface area (Å²) in [6.07, 6.45) is 1.73. The zero-order chi connectivity index (χ0) is 12.0. The molecule has 0 aromatic carbocycles. The molecule has 0 amide bonds. The molecule has 2 rings (SSSR count). The highest BCUT2D eigenvalue weighted by Gasteiger charge is 2.42. The monoisotopic (exact) mass is 245 g/mol. The standard InChI is InChI=1S/C9H11NO5S/c1-9(2-3-16(13,14)5-9)6-4-10-7(15-6)8(11)12/h4H,2-3,5H2,1H3,(H,11,12). The smallest absolute Gasteiger partial charge is 0.392 e. The summed E-state index contributed by atoms with van der Waals surface area (Å²) < 4.78 is 27.8. The van der Waals surface area contributed by atoms with Crippen LogP contribution in [0.5, 0.6) is 0 Å². The van der Waals surface area contributed by atoms with E-state index in [9.17, 15) is 13.2 Å². The highest BCUT2D eigenvalue weighted by Crippen LogP contribution is 2.35. The van der Waals surface area contributed by atoms with Crippen molar-refractivity contribution >= 4 is 15.8 Å². The van der Waals surface area contributed by atoms with Crippen molar-refractivity contribution in [2.45, 2.75) is 18.8 Å². The third-order valence-corrected chi connectivity index (χ3v) is 4.69. The number of aromatic nitrogens is 1. The second kappa shape index (κ2) is 3.31. The Morgan fingerprint density at radius 2 is 2.31 bits per heavy atom. The molecule has 1 aromatic rings. The van der Waals surface area contributed by atoms with E-state index in [1.807, 2.05) is 0 Å². The van der Waals surface area contributed by atoms with Crippen LogP contribution in [0.3, 0.4) is 0 Å². The van der Waals surface area contributed by atoms with Crippen LogP contribution in [0.2, 0.25) is 0 Å².